The fraction of sp³-hybridized carbons (Fsp3) is 0.381. The number of benzene rings is 2. The third-order valence-corrected chi connectivity index (χ3v) is 4.91. The van der Waals surface area contributed by atoms with Crippen LogP contribution >= 0.6 is 0 Å². The molecular formula is C21H26N2O2. The lowest BCUT2D eigenvalue weighted by Crippen LogP contribution is -2.49. The molecule has 1 heterocycles. The second-order valence-electron chi connectivity index (χ2n) is 6.56. The Morgan fingerprint density at radius 1 is 1.00 bits per heavy atom. The minimum atomic E-state index is 0.246. The second-order valence-corrected chi connectivity index (χ2v) is 6.56. The molecule has 0 N–H and O–H groups in total. The number of hydrogen-bond acceptors (Lipinski definition) is 3. The number of anilines is 1. The number of methoxy groups -OCH3 is 1. The summed E-state index contributed by atoms with van der Waals surface area (Å²) in [6, 6.07) is 18.3. The van der Waals surface area contributed by atoms with Gasteiger partial charge in [-0.25, -0.2) is 0 Å². The third kappa shape index (κ3) is 4.13. The first kappa shape index (κ1) is 17.3. The Kier molecular flexibility index (Phi) is 5.59. The maximum absolute atomic E-state index is 12.6. The molecule has 132 valence electrons. The maximum atomic E-state index is 12.6. The van der Waals surface area contributed by atoms with E-state index in [1.807, 2.05) is 41.3 Å². The summed E-state index contributed by atoms with van der Waals surface area (Å²) >= 11 is 0. The highest BCUT2D eigenvalue weighted by atomic mass is 16.5. The fourth-order valence-electron chi connectivity index (χ4n) is 3.38. The number of nitrogens with zero attached hydrogens (tertiary/aromatic N) is 2. The van der Waals surface area contributed by atoms with Gasteiger partial charge < -0.3 is 14.5 Å². The average Bonchev–Trinajstić information content (AvgIpc) is 2.68. The van der Waals surface area contributed by atoms with Crippen LogP contribution in [0.15, 0.2) is 54.6 Å². The van der Waals surface area contributed by atoms with Crippen molar-refractivity contribution in [1.82, 2.24) is 4.90 Å². The van der Waals surface area contributed by atoms with Crippen molar-refractivity contribution in [2.24, 2.45) is 0 Å². The van der Waals surface area contributed by atoms with Crippen molar-refractivity contribution < 1.29 is 9.53 Å². The van der Waals surface area contributed by atoms with Gasteiger partial charge in [0.05, 0.1) is 12.8 Å². The Morgan fingerprint density at radius 3 is 2.32 bits per heavy atom. The summed E-state index contributed by atoms with van der Waals surface area (Å²) in [6.07, 6.45) is 0.568. The Morgan fingerprint density at radius 2 is 1.64 bits per heavy atom. The molecule has 1 atom stereocenters. The minimum absolute atomic E-state index is 0.246. The highest BCUT2D eigenvalue weighted by molar-refractivity contribution is 5.77. The van der Waals surface area contributed by atoms with Gasteiger partial charge in [0.2, 0.25) is 5.91 Å². The molecule has 0 spiro atoms. The zero-order valence-corrected chi connectivity index (χ0v) is 15.0. The van der Waals surface area contributed by atoms with Crippen LogP contribution in [0, 0.1) is 0 Å². The minimum Gasteiger partial charge on any atom is -0.495 e. The van der Waals surface area contributed by atoms with Crippen LogP contribution in [0.1, 0.15) is 24.8 Å². The molecule has 1 saturated heterocycles. The molecule has 2 aromatic rings. The molecule has 1 amide bonds. The number of piperazine rings is 1. The molecule has 0 unspecified atom stereocenters. The Bertz CT molecular complexity index is 694. The van der Waals surface area contributed by atoms with Crippen LogP contribution in [-0.4, -0.2) is 44.1 Å². The summed E-state index contributed by atoms with van der Waals surface area (Å²) < 4.78 is 5.45. The normalized spacial score (nSPS) is 15.8. The molecule has 2 aromatic carbocycles. The summed E-state index contributed by atoms with van der Waals surface area (Å²) in [6.45, 7) is 5.33. The molecule has 0 aliphatic carbocycles. The molecule has 4 heteroatoms. The lowest BCUT2D eigenvalue weighted by molar-refractivity contribution is -0.131. The topological polar surface area (TPSA) is 32.8 Å². The van der Waals surface area contributed by atoms with Gasteiger partial charge in [-0.3, -0.25) is 4.79 Å². The predicted molar refractivity (Wildman–Crippen MR) is 101 cm³/mol. The predicted octanol–water partition coefficient (Wildman–Crippen LogP) is 3.54. The second kappa shape index (κ2) is 8.06. The lowest BCUT2D eigenvalue weighted by atomic mass is 9.97. The maximum Gasteiger partial charge on any atom is 0.223 e. The lowest BCUT2D eigenvalue weighted by Gasteiger charge is -2.37. The molecule has 1 fully saturated rings. The molecule has 3 rings (SSSR count). The van der Waals surface area contributed by atoms with Gasteiger partial charge in [-0.05, 0) is 23.6 Å². The average molecular weight is 338 g/mol. The number of para-hydroxylation sites is 2. The summed E-state index contributed by atoms with van der Waals surface area (Å²) in [5.41, 5.74) is 2.33. The van der Waals surface area contributed by atoms with Crippen molar-refractivity contribution in [2.75, 3.05) is 38.2 Å². The summed E-state index contributed by atoms with van der Waals surface area (Å²) in [7, 11) is 1.70. The van der Waals surface area contributed by atoms with Crippen LogP contribution < -0.4 is 9.64 Å². The van der Waals surface area contributed by atoms with Crippen molar-refractivity contribution in [3.63, 3.8) is 0 Å². The van der Waals surface area contributed by atoms with Gasteiger partial charge in [0, 0.05) is 32.6 Å². The van der Waals surface area contributed by atoms with E-state index >= 15 is 0 Å². The van der Waals surface area contributed by atoms with Gasteiger partial charge in [-0.2, -0.15) is 0 Å². The molecule has 1 aliphatic heterocycles. The van der Waals surface area contributed by atoms with Gasteiger partial charge in [-0.15, -0.1) is 0 Å². The van der Waals surface area contributed by atoms with Crippen LogP contribution in [0.25, 0.3) is 0 Å². The Labute approximate surface area is 150 Å². The monoisotopic (exact) mass is 338 g/mol. The number of amides is 1. The number of hydrogen-bond donors (Lipinski definition) is 0. The van der Waals surface area contributed by atoms with Gasteiger partial charge in [0.25, 0.3) is 0 Å². The first-order valence-corrected chi connectivity index (χ1v) is 8.89. The summed E-state index contributed by atoms with van der Waals surface area (Å²) in [5.74, 6) is 1.39. The highest BCUT2D eigenvalue weighted by Crippen LogP contribution is 2.28. The van der Waals surface area contributed by atoms with Crippen molar-refractivity contribution in [3.8, 4) is 5.75 Å². The van der Waals surface area contributed by atoms with Crippen LogP contribution in [0.5, 0.6) is 5.75 Å². The highest BCUT2D eigenvalue weighted by Gasteiger charge is 2.24. The quantitative estimate of drug-likeness (QED) is 0.836. The smallest absolute Gasteiger partial charge is 0.223 e. The molecule has 0 radical (unpaired) electrons. The first-order chi connectivity index (χ1) is 12.2. The van der Waals surface area contributed by atoms with E-state index in [-0.39, 0.29) is 11.8 Å². The number of carbonyl (C=O) groups excluding carboxylic acids is 1. The molecular weight excluding hydrogens is 312 g/mol. The van der Waals surface area contributed by atoms with E-state index in [0.717, 1.165) is 37.6 Å². The van der Waals surface area contributed by atoms with Gasteiger partial charge in [0.15, 0.2) is 0 Å². The van der Waals surface area contributed by atoms with Crippen molar-refractivity contribution in [2.45, 2.75) is 19.3 Å². The molecule has 0 bridgehead atoms. The SMILES string of the molecule is COc1ccccc1N1CCN(C(=O)C[C@@H](C)c2ccccc2)CC1. The first-order valence-electron chi connectivity index (χ1n) is 8.89. The third-order valence-electron chi connectivity index (χ3n) is 4.91. The van der Waals surface area contributed by atoms with E-state index in [9.17, 15) is 4.79 Å². The van der Waals surface area contributed by atoms with E-state index in [4.69, 9.17) is 4.74 Å². The Balaban J connectivity index is 1.56. The molecule has 4 nitrogen and oxygen atoms in total. The van der Waals surface area contributed by atoms with E-state index < -0.39 is 0 Å². The van der Waals surface area contributed by atoms with E-state index in [1.54, 1.807) is 7.11 Å². The van der Waals surface area contributed by atoms with E-state index in [1.165, 1.54) is 5.56 Å². The van der Waals surface area contributed by atoms with Crippen LogP contribution in [-0.2, 0) is 4.79 Å². The zero-order valence-electron chi connectivity index (χ0n) is 15.0. The van der Waals surface area contributed by atoms with Crippen molar-refractivity contribution in [3.05, 3.63) is 60.2 Å². The van der Waals surface area contributed by atoms with Gasteiger partial charge in [0.1, 0.15) is 5.75 Å². The number of rotatable bonds is 5. The summed E-state index contributed by atoms with van der Waals surface area (Å²) in [4.78, 5) is 16.9. The molecule has 0 aromatic heterocycles. The standard InChI is InChI=1S/C21H26N2O2/c1-17(18-8-4-3-5-9-18)16-21(24)23-14-12-22(13-15-23)19-10-6-7-11-20(19)25-2/h3-11,17H,12-16H2,1-2H3/t17-/m1/s1. The van der Waals surface area contributed by atoms with Crippen LogP contribution in [0.3, 0.4) is 0 Å². The van der Waals surface area contributed by atoms with Crippen LogP contribution in [0.2, 0.25) is 0 Å². The van der Waals surface area contributed by atoms with Gasteiger partial charge in [-0.1, -0.05) is 49.4 Å². The Hall–Kier alpha value is -2.49. The molecule has 25 heavy (non-hydrogen) atoms. The van der Waals surface area contributed by atoms with E-state index in [2.05, 4.69) is 30.0 Å². The number of carbonyl (C=O) groups is 1. The van der Waals surface area contributed by atoms with Crippen LogP contribution in [0.4, 0.5) is 5.69 Å². The summed E-state index contributed by atoms with van der Waals surface area (Å²) in [5, 5.41) is 0. The molecule has 1 aliphatic rings. The number of ether oxygens (including phenoxy) is 1. The van der Waals surface area contributed by atoms with Gasteiger partial charge >= 0.3 is 0 Å². The fourth-order valence-corrected chi connectivity index (χ4v) is 3.38. The molecule has 0 saturated carbocycles. The van der Waals surface area contributed by atoms with Crippen molar-refractivity contribution >= 4 is 11.6 Å². The van der Waals surface area contributed by atoms with Crippen molar-refractivity contribution in [1.29, 1.82) is 0 Å². The zero-order chi connectivity index (χ0) is 17.6. The largest absolute Gasteiger partial charge is 0.495 e. The van der Waals surface area contributed by atoms with E-state index in [0.29, 0.717) is 6.42 Å².